The lowest BCUT2D eigenvalue weighted by Crippen LogP contribution is -2.50. The molecule has 380 valence electrons. The normalized spacial score (nSPS) is 17.8. The highest BCUT2D eigenvalue weighted by Crippen LogP contribution is 2.43. The number of benzene rings is 5. The summed E-state index contributed by atoms with van der Waals surface area (Å²) in [5.41, 5.74) is 6.95. The van der Waals surface area contributed by atoms with E-state index in [2.05, 4.69) is 26.6 Å². The van der Waals surface area contributed by atoms with Gasteiger partial charge >= 0.3 is 0 Å². The molecule has 4 heterocycles. The number of carbonyl (C=O) groups is 6. The van der Waals surface area contributed by atoms with Crippen LogP contribution in [0.15, 0.2) is 91.0 Å². The number of aliphatic hydroxyl groups excluding tert-OH is 1. The number of unbranched alkanes of at least 4 members (excludes halogenated alkanes) is 1. The van der Waals surface area contributed by atoms with Crippen LogP contribution in [0.3, 0.4) is 0 Å². The maximum atomic E-state index is 14.1. The Bertz CT molecular complexity index is 3000. The number of methoxy groups -OCH3 is 2. The molecule has 5 amide bonds. The Balaban J connectivity index is 0.944. The number of rotatable bonds is 18. The second-order valence-electron chi connectivity index (χ2n) is 18.8. The number of carbonyl (C=O) groups excluding carboxylic acids is 6. The molecule has 4 aliphatic rings. The number of hydrogen-bond acceptors (Lipinski definition) is 13. The van der Waals surface area contributed by atoms with Gasteiger partial charge in [0.2, 0.25) is 17.7 Å². The van der Waals surface area contributed by atoms with Crippen molar-refractivity contribution in [3.63, 3.8) is 0 Å². The van der Waals surface area contributed by atoms with Gasteiger partial charge in [-0.25, -0.2) is 0 Å². The van der Waals surface area contributed by atoms with Crippen LogP contribution in [-0.2, 0) is 45.2 Å². The predicted octanol–water partition coefficient (Wildman–Crippen LogP) is 6.27. The summed E-state index contributed by atoms with van der Waals surface area (Å²) in [5.74, 6) is -0.582. The van der Waals surface area contributed by atoms with Gasteiger partial charge in [0.1, 0.15) is 37.3 Å². The molecule has 5 aromatic rings. The Labute approximate surface area is 422 Å². The molecule has 0 aromatic heterocycles. The lowest BCUT2D eigenvalue weighted by Gasteiger charge is -2.26. The van der Waals surface area contributed by atoms with Crippen LogP contribution in [0.5, 0.6) is 23.0 Å². The Morgan fingerprint density at radius 3 is 1.89 bits per heavy atom. The standard InChI is InChI=1S/C55H59N7O11/c1-30(63)12-6-11-17-50(64)57-31(2)51(65)58-32(3)52(66)59-37-19-33(28-72-48-25-41-39(23-46(48)70-4)54(68)61-38(27-56-41)21-35-13-7-9-15-43(35)61)18-34(20-37)29-73-49-26-42-40(24-47(49)71-5)55(69)62-44-16-10-8-14-36(44)22-45(62)53(67)60-42/h7-10,13-16,18-20,23-26,31-32,38,45,53,56,60,67H,6,11-12,17,21-22,27-29H2,1-5H3,(H,57,64)(H,58,65)(H,59,66)/t31-,32+,38-,45-,53?/m0/s1. The second kappa shape index (κ2) is 21.3. The van der Waals surface area contributed by atoms with Crippen LogP contribution in [0.4, 0.5) is 28.4 Å². The van der Waals surface area contributed by atoms with Gasteiger partial charge < -0.3 is 65.2 Å². The van der Waals surface area contributed by atoms with Crippen molar-refractivity contribution in [2.45, 2.75) is 103 Å². The van der Waals surface area contributed by atoms with Crippen molar-refractivity contribution in [1.82, 2.24) is 10.6 Å². The van der Waals surface area contributed by atoms with Crippen LogP contribution in [0.2, 0.25) is 0 Å². The Morgan fingerprint density at radius 2 is 1.25 bits per heavy atom. The lowest BCUT2D eigenvalue weighted by molar-refractivity contribution is -0.130. The van der Waals surface area contributed by atoms with E-state index < -0.39 is 36.2 Å². The van der Waals surface area contributed by atoms with Gasteiger partial charge in [-0.2, -0.15) is 0 Å². The maximum absolute atomic E-state index is 14.1. The quantitative estimate of drug-likeness (QED) is 0.0533. The number of aliphatic hydroxyl groups is 1. The molecular formula is C55H59N7O11. The van der Waals surface area contributed by atoms with Crippen molar-refractivity contribution in [2.24, 2.45) is 0 Å². The number of fused-ring (bicyclic) bond motifs is 8. The topological polar surface area (TPSA) is 226 Å². The first kappa shape index (κ1) is 49.8. The van der Waals surface area contributed by atoms with E-state index in [-0.39, 0.29) is 60.7 Å². The smallest absolute Gasteiger partial charge is 0.260 e. The molecule has 0 radical (unpaired) electrons. The largest absolute Gasteiger partial charge is 0.493 e. The summed E-state index contributed by atoms with van der Waals surface area (Å²) in [5, 5.41) is 26.2. The predicted molar refractivity (Wildman–Crippen MR) is 274 cm³/mol. The fourth-order valence-electron chi connectivity index (χ4n) is 9.87. The van der Waals surface area contributed by atoms with E-state index in [4.69, 9.17) is 18.9 Å². The highest BCUT2D eigenvalue weighted by atomic mass is 16.5. The Morgan fingerprint density at radius 1 is 0.685 bits per heavy atom. The molecule has 5 aromatic carbocycles. The van der Waals surface area contributed by atoms with Crippen molar-refractivity contribution < 1.29 is 52.8 Å². The van der Waals surface area contributed by atoms with Crippen LogP contribution < -0.4 is 55.3 Å². The molecule has 0 bridgehead atoms. The molecule has 0 aliphatic carbocycles. The second-order valence-corrected chi connectivity index (χ2v) is 18.8. The zero-order valence-corrected chi connectivity index (χ0v) is 41.3. The van der Waals surface area contributed by atoms with Gasteiger partial charge in [-0.05, 0) is 111 Å². The Kier molecular flexibility index (Phi) is 14.5. The van der Waals surface area contributed by atoms with Crippen LogP contribution in [-0.4, -0.2) is 91.6 Å². The molecule has 73 heavy (non-hydrogen) atoms. The third-order valence-corrected chi connectivity index (χ3v) is 13.6. The molecule has 18 heteroatoms. The zero-order valence-electron chi connectivity index (χ0n) is 41.3. The first-order chi connectivity index (χ1) is 35.2. The molecule has 6 N–H and O–H groups in total. The number of anilines is 5. The van der Waals surface area contributed by atoms with Gasteiger partial charge in [0.25, 0.3) is 11.8 Å². The molecule has 0 fully saturated rings. The van der Waals surface area contributed by atoms with Crippen molar-refractivity contribution in [2.75, 3.05) is 46.5 Å². The van der Waals surface area contributed by atoms with Crippen molar-refractivity contribution in [3.05, 3.63) is 124 Å². The molecule has 4 aliphatic heterocycles. The van der Waals surface area contributed by atoms with E-state index in [0.29, 0.717) is 83.0 Å². The van der Waals surface area contributed by atoms with E-state index in [1.807, 2.05) is 59.5 Å². The number of hydrogen-bond donors (Lipinski definition) is 6. The average molecular weight is 994 g/mol. The average Bonchev–Trinajstić information content (AvgIpc) is 3.90. The summed E-state index contributed by atoms with van der Waals surface area (Å²) < 4.78 is 24.4. The van der Waals surface area contributed by atoms with Crippen molar-refractivity contribution >= 4 is 63.8 Å². The highest BCUT2D eigenvalue weighted by molar-refractivity contribution is 6.13. The van der Waals surface area contributed by atoms with Gasteiger partial charge in [0.15, 0.2) is 23.0 Å². The van der Waals surface area contributed by atoms with Crippen molar-refractivity contribution in [1.29, 1.82) is 0 Å². The van der Waals surface area contributed by atoms with Gasteiger partial charge in [-0.3, -0.25) is 24.0 Å². The monoisotopic (exact) mass is 993 g/mol. The zero-order chi connectivity index (χ0) is 51.5. The van der Waals surface area contributed by atoms with E-state index in [0.717, 1.165) is 28.9 Å². The molecular weight excluding hydrogens is 935 g/mol. The number of para-hydroxylation sites is 2. The fraction of sp³-hybridized carbons (Fsp3) is 0.345. The van der Waals surface area contributed by atoms with E-state index in [1.165, 1.54) is 35.0 Å². The first-order valence-corrected chi connectivity index (χ1v) is 24.4. The van der Waals surface area contributed by atoms with Crippen molar-refractivity contribution in [3.8, 4) is 23.0 Å². The minimum absolute atomic E-state index is 0.0208. The summed E-state index contributed by atoms with van der Waals surface area (Å²) in [4.78, 5) is 82.3. The fourth-order valence-corrected chi connectivity index (χ4v) is 9.87. The number of Topliss-reactive ketones (excluding diaryl/α,β-unsaturated/α-hetero) is 1. The SMILES string of the molecule is COc1cc2c(cc1OCc1cc(COc3cc4c(cc3OC)C(=O)N3c5ccccc5C[C@H]3C(O)N4)cc(NC(=O)[C@@H](C)NC(=O)[C@H](C)NC(=O)CCCCC(C)=O)c1)NC[C@@H]1Cc3ccccc3N1C2=O. The summed E-state index contributed by atoms with van der Waals surface area (Å²) in [7, 11) is 2.97. The van der Waals surface area contributed by atoms with Crippen LogP contribution in [0.1, 0.15) is 89.4 Å². The van der Waals surface area contributed by atoms with Gasteiger partial charge in [-0.1, -0.05) is 36.4 Å². The lowest BCUT2D eigenvalue weighted by atomic mass is 10.1. The summed E-state index contributed by atoms with van der Waals surface area (Å²) in [6.45, 7) is 4.99. The van der Waals surface area contributed by atoms with E-state index in [9.17, 15) is 33.9 Å². The molecule has 0 spiro atoms. The van der Waals surface area contributed by atoms with Gasteiger partial charge in [-0.15, -0.1) is 0 Å². The number of nitrogens with one attached hydrogen (secondary N) is 5. The number of nitrogens with zero attached hydrogens (tertiary/aromatic N) is 2. The van der Waals surface area contributed by atoms with Crippen LogP contribution in [0, 0.1) is 0 Å². The van der Waals surface area contributed by atoms with Gasteiger partial charge in [0.05, 0.1) is 48.8 Å². The minimum Gasteiger partial charge on any atom is -0.493 e. The number of ketones is 1. The highest BCUT2D eigenvalue weighted by Gasteiger charge is 2.42. The third kappa shape index (κ3) is 10.6. The van der Waals surface area contributed by atoms with E-state index >= 15 is 0 Å². The van der Waals surface area contributed by atoms with Gasteiger partial charge in [0, 0.05) is 48.6 Å². The van der Waals surface area contributed by atoms with Crippen LogP contribution in [0.25, 0.3) is 0 Å². The first-order valence-electron chi connectivity index (χ1n) is 24.4. The molecule has 0 saturated carbocycles. The molecule has 1 unspecified atom stereocenters. The Hall–Kier alpha value is -8.12. The summed E-state index contributed by atoms with van der Waals surface area (Å²) in [6, 6.07) is 24.8. The molecule has 5 atom stereocenters. The summed E-state index contributed by atoms with van der Waals surface area (Å²) >= 11 is 0. The molecule has 0 saturated heterocycles. The molecule has 9 rings (SSSR count). The minimum atomic E-state index is -1.09. The maximum Gasteiger partial charge on any atom is 0.260 e. The van der Waals surface area contributed by atoms with E-state index in [1.54, 1.807) is 41.3 Å². The molecule has 18 nitrogen and oxygen atoms in total. The van der Waals surface area contributed by atoms with Crippen LogP contribution >= 0.6 is 0 Å². The summed E-state index contributed by atoms with van der Waals surface area (Å²) in [6.07, 6.45) is 1.72. The third-order valence-electron chi connectivity index (χ3n) is 13.6. The number of amides is 5. The number of ether oxygens (including phenoxy) is 4.